The summed E-state index contributed by atoms with van der Waals surface area (Å²) >= 11 is 0. The van der Waals surface area contributed by atoms with Gasteiger partial charge in [0.05, 0.1) is 17.6 Å². The molecule has 162 valence electrons. The predicted octanol–water partition coefficient (Wildman–Crippen LogP) is 3.18. The number of carbonyl (C=O) groups is 2. The zero-order valence-electron chi connectivity index (χ0n) is 17.6. The highest BCUT2D eigenvalue weighted by Crippen LogP contribution is 2.31. The molecule has 0 spiro atoms. The van der Waals surface area contributed by atoms with Gasteiger partial charge in [0.1, 0.15) is 6.04 Å². The van der Waals surface area contributed by atoms with E-state index in [1.807, 2.05) is 31.2 Å². The number of carbonyl (C=O) groups excluding carboxylic acids is 2. The smallest absolute Gasteiger partial charge is 0.326 e. The summed E-state index contributed by atoms with van der Waals surface area (Å²) in [7, 11) is 0. The Bertz CT molecular complexity index is 1170. The lowest BCUT2D eigenvalue weighted by Gasteiger charge is -2.19. The van der Waals surface area contributed by atoms with Crippen LogP contribution in [-0.2, 0) is 4.79 Å². The van der Waals surface area contributed by atoms with Gasteiger partial charge in [0.25, 0.3) is 0 Å². The summed E-state index contributed by atoms with van der Waals surface area (Å²) in [6, 6.07) is 11.9. The van der Waals surface area contributed by atoms with Crippen molar-refractivity contribution in [3.05, 3.63) is 69.6 Å². The number of aryl methyl sites for hydroxylation is 1. The fraction of sp³-hybridized carbons (Fsp3) is 0.375. The number of aromatic nitrogens is 2. The van der Waals surface area contributed by atoms with Crippen LogP contribution in [0.15, 0.2) is 47.3 Å². The standard InChI is InChI=1S/C24H27N3O4/c1-15-5-4-6-16(13-15)22(26-21(29)11-12-28)23(30)17-9-10-20-19(14-17)25-24(31)27(20)18-7-2-3-8-18/h4-6,9-10,13-14,18,22,28H,2-3,7-8,11-12H2,1H3,(H,25,31)(H,26,29). The molecule has 0 radical (unpaired) electrons. The van der Waals surface area contributed by atoms with E-state index < -0.39 is 11.9 Å². The molecule has 1 fully saturated rings. The van der Waals surface area contributed by atoms with Gasteiger partial charge in [0.2, 0.25) is 5.91 Å². The Morgan fingerprint density at radius 2 is 1.97 bits per heavy atom. The number of Topliss-reactive ketones (excluding diaryl/α,β-unsaturated/α-hetero) is 1. The Morgan fingerprint density at radius 1 is 1.19 bits per heavy atom. The van der Waals surface area contributed by atoms with E-state index in [0.717, 1.165) is 36.8 Å². The molecule has 0 aliphatic heterocycles. The third-order valence-electron chi connectivity index (χ3n) is 5.97. The van der Waals surface area contributed by atoms with E-state index in [1.165, 1.54) is 0 Å². The lowest BCUT2D eigenvalue weighted by molar-refractivity contribution is -0.122. The number of aromatic amines is 1. The fourth-order valence-electron chi connectivity index (χ4n) is 4.46. The highest BCUT2D eigenvalue weighted by atomic mass is 16.3. The molecule has 7 heteroatoms. The first kappa shape index (κ1) is 21.1. The van der Waals surface area contributed by atoms with Crippen molar-refractivity contribution in [3.8, 4) is 0 Å². The number of H-pyrrole nitrogens is 1. The average molecular weight is 421 g/mol. The summed E-state index contributed by atoms with van der Waals surface area (Å²) in [6.45, 7) is 1.63. The molecule has 1 aliphatic rings. The highest BCUT2D eigenvalue weighted by Gasteiger charge is 2.26. The van der Waals surface area contributed by atoms with Gasteiger partial charge in [-0.2, -0.15) is 0 Å². The number of nitrogens with zero attached hydrogens (tertiary/aromatic N) is 1. The molecule has 0 saturated heterocycles. The number of aliphatic hydroxyl groups excluding tert-OH is 1. The number of hydrogen-bond acceptors (Lipinski definition) is 4. The average Bonchev–Trinajstić information content (AvgIpc) is 3.37. The van der Waals surface area contributed by atoms with Crippen molar-refractivity contribution in [2.45, 2.75) is 51.1 Å². The van der Waals surface area contributed by atoms with Crippen molar-refractivity contribution in [1.29, 1.82) is 0 Å². The number of aliphatic hydroxyl groups is 1. The zero-order valence-corrected chi connectivity index (χ0v) is 17.6. The quantitative estimate of drug-likeness (QED) is 0.510. The number of rotatable bonds is 7. The van der Waals surface area contributed by atoms with Crippen LogP contribution in [0.4, 0.5) is 0 Å². The first-order valence-corrected chi connectivity index (χ1v) is 10.7. The maximum atomic E-state index is 13.4. The normalized spacial score (nSPS) is 15.3. The minimum Gasteiger partial charge on any atom is -0.396 e. The number of hydrogen-bond donors (Lipinski definition) is 3. The Morgan fingerprint density at radius 3 is 2.68 bits per heavy atom. The van der Waals surface area contributed by atoms with Gasteiger partial charge in [-0.05, 0) is 43.5 Å². The molecule has 31 heavy (non-hydrogen) atoms. The Labute approximate surface area is 180 Å². The summed E-state index contributed by atoms with van der Waals surface area (Å²) in [4.78, 5) is 41.0. The van der Waals surface area contributed by atoms with Crippen LogP contribution in [0.5, 0.6) is 0 Å². The Balaban J connectivity index is 1.70. The molecule has 1 unspecified atom stereocenters. The van der Waals surface area contributed by atoms with Gasteiger partial charge in [-0.1, -0.05) is 42.7 Å². The topological polar surface area (TPSA) is 104 Å². The predicted molar refractivity (Wildman–Crippen MR) is 118 cm³/mol. The molecule has 4 rings (SSSR count). The first-order chi connectivity index (χ1) is 15.0. The van der Waals surface area contributed by atoms with Crippen LogP contribution < -0.4 is 11.0 Å². The van der Waals surface area contributed by atoms with Gasteiger partial charge < -0.3 is 15.4 Å². The van der Waals surface area contributed by atoms with E-state index in [0.29, 0.717) is 16.6 Å². The van der Waals surface area contributed by atoms with Crippen LogP contribution in [0.3, 0.4) is 0 Å². The number of imidazole rings is 1. The molecule has 0 bridgehead atoms. The van der Waals surface area contributed by atoms with Crippen LogP contribution in [0, 0.1) is 6.92 Å². The van der Waals surface area contributed by atoms with Gasteiger partial charge >= 0.3 is 5.69 Å². The third-order valence-corrected chi connectivity index (χ3v) is 5.97. The number of amides is 1. The summed E-state index contributed by atoms with van der Waals surface area (Å²) < 4.78 is 1.80. The third kappa shape index (κ3) is 4.32. The van der Waals surface area contributed by atoms with E-state index in [-0.39, 0.29) is 30.5 Å². The van der Waals surface area contributed by atoms with Gasteiger partial charge in [0.15, 0.2) is 5.78 Å². The minimum absolute atomic E-state index is 0.0772. The summed E-state index contributed by atoms with van der Waals surface area (Å²) in [5.74, 6) is -0.669. The molecule has 1 saturated carbocycles. The van der Waals surface area contributed by atoms with Crippen LogP contribution in [0.1, 0.15) is 65.7 Å². The van der Waals surface area contributed by atoms with Crippen molar-refractivity contribution in [1.82, 2.24) is 14.9 Å². The lowest BCUT2D eigenvalue weighted by Crippen LogP contribution is -2.34. The van der Waals surface area contributed by atoms with E-state index in [9.17, 15) is 14.4 Å². The molecule has 1 amide bonds. The highest BCUT2D eigenvalue weighted by molar-refractivity contribution is 6.04. The number of fused-ring (bicyclic) bond motifs is 1. The Kier molecular flexibility index (Phi) is 6.04. The zero-order chi connectivity index (χ0) is 22.0. The molecule has 2 aromatic carbocycles. The molecule has 1 heterocycles. The van der Waals surface area contributed by atoms with Crippen LogP contribution in [0.25, 0.3) is 11.0 Å². The maximum absolute atomic E-state index is 13.4. The van der Waals surface area contributed by atoms with E-state index in [2.05, 4.69) is 10.3 Å². The molecular weight excluding hydrogens is 394 g/mol. The first-order valence-electron chi connectivity index (χ1n) is 10.7. The molecule has 3 aromatic rings. The van der Waals surface area contributed by atoms with E-state index in [4.69, 9.17) is 5.11 Å². The van der Waals surface area contributed by atoms with E-state index >= 15 is 0 Å². The molecule has 1 aromatic heterocycles. The fourth-order valence-corrected chi connectivity index (χ4v) is 4.46. The molecule has 7 nitrogen and oxygen atoms in total. The van der Waals surface area contributed by atoms with Gasteiger partial charge in [-0.15, -0.1) is 0 Å². The number of nitrogens with one attached hydrogen (secondary N) is 2. The number of ketones is 1. The SMILES string of the molecule is Cc1cccc(C(NC(=O)CCO)C(=O)c2ccc3c(c2)[nH]c(=O)n3C2CCCC2)c1. The van der Waals surface area contributed by atoms with Crippen molar-refractivity contribution >= 4 is 22.7 Å². The Hall–Kier alpha value is -3.19. The van der Waals surface area contributed by atoms with E-state index in [1.54, 1.807) is 22.8 Å². The largest absolute Gasteiger partial charge is 0.396 e. The van der Waals surface area contributed by atoms with Crippen LogP contribution >= 0.6 is 0 Å². The molecule has 1 aliphatic carbocycles. The van der Waals surface area contributed by atoms with Crippen LogP contribution in [-0.4, -0.2) is 33.0 Å². The maximum Gasteiger partial charge on any atom is 0.326 e. The van der Waals surface area contributed by atoms with Gasteiger partial charge in [0, 0.05) is 18.0 Å². The van der Waals surface area contributed by atoms with Gasteiger partial charge in [-0.3, -0.25) is 14.2 Å². The second-order valence-corrected chi connectivity index (χ2v) is 8.22. The minimum atomic E-state index is -0.875. The molecule has 1 atom stereocenters. The van der Waals surface area contributed by atoms with Crippen molar-refractivity contribution in [2.24, 2.45) is 0 Å². The number of benzene rings is 2. The van der Waals surface area contributed by atoms with Crippen molar-refractivity contribution in [2.75, 3.05) is 6.61 Å². The summed E-state index contributed by atoms with van der Waals surface area (Å²) in [5.41, 5.74) is 3.31. The van der Waals surface area contributed by atoms with Gasteiger partial charge in [-0.25, -0.2) is 4.79 Å². The second-order valence-electron chi connectivity index (χ2n) is 8.22. The van der Waals surface area contributed by atoms with Crippen molar-refractivity contribution < 1.29 is 14.7 Å². The molecule has 3 N–H and O–H groups in total. The second kappa shape index (κ2) is 8.89. The van der Waals surface area contributed by atoms with Crippen molar-refractivity contribution in [3.63, 3.8) is 0 Å². The summed E-state index contributed by atoms with van der Waals surface area (Å²) in [5, 5.41) is 11.8. The molecular formula is C24H27N3O4. The van der Waals surface area contributed by atoms with Crippen LogP contribution in [0.2, 0.25) is 0 Å². The monoisotopic (exact) mass is 421 g/mol. The summed E-state index contributed by atoms with van der Waals surface area (Å²) in [6.07, 6.45) is 4.13. The lowest BCUT2D eigenvalue weighted by atomic mass is 9.95.